The maximum Gasteiger partial charge on any atom is 0.185 e. The minimum absolute atomic E-state index is 0.266. The molecule has 0 amide bonds. The van der Waals surface area contributed by atoms with Gasteiger partial charge in [0, 0.05) is 41.8 Å². The molecule has 1 heterocycles. The van der Waals surface area contributed by atoms with Gasteiger partial charge in [-0.25, -0.2) is 4.98 Å². The number of nitrogens with one attached hydrogen (secondary N) is 1. The Morgan fingerprint density at radius 2 is 2.10 bits per heavy atom. The van der Waals surface area contributed by atoms with Crippen LogP contribution < -0.4 is 10.2 Å². The average Bonchev–Trinajstić information content (AvgIpc) is 2.95. The fraction of sp³-hybridized carbons (Fsp3) is 0.438. The minimum atomic E-state index is 0.266. The van der Waals surface area contributed by atoms with Crippen molar-refractivity contribution in [2.45, 2.75) is 33.4 Å². The molecule has 0 fully saturated rings. The Hall–Kier alpha value is -1.10. The molecule has 1 atom stereocenters. The molecule has 1 N–H and O–H groups in total. The Morgan fingerprint density at radius 1 is 1.33 bits per heavy atom. The molecule has 0 aliphatic heterocycles. The quantitative estimate of drug-likeness (QED) is 0.813. The highest BCUT2D eigenvalue weighted by atomic mass is 35.5. The number of nitrogens with zero attached hydrogens (tertiary/aromatic N) is 2. The van der Waals surface area contributed by atoms with Crippen LogP contribution in [-0.2, 0) is 6.54 Å². The van der Waals surface area contributed by atoms with E-state index in [0.29, 0.717) is 0 Å². The molecule has 2 aromatic rings. The molecule has 0 saturated heterocycles. The minimum Gasteiger partial charge on any atom is -0.349 e. The van der Waals surface area contributed by atoms with Gasteiger partial charge in [-0.15, -0.1) is 11.3 Å². The molecule has 114 valence electrons. The van der Waals surface area contributed by atoms with E-state index < -0.39 is 0 Å². The zero-order valence-electron chi connectivity index (χ0n) is 12.8. The van der Waals surface area contributed by atoms with Gasteiger partial charge in [0.1, 0.15) is 0 Å². The van der Waals surface area contributed by atoms with Gasteiger partial charge in [-0.3, -0.25) is 0 Å². The number of aromatic nitrogens is 1. The van der Waals surface area contributed by atoms with Crippen LogP contribution in [0.25, 0.3) is 0 Å². The third-order valence-corrected chi connectivity index (χ3v) is 4.80. The van der Waals surface area contributed by atoms with Crippen LogP contribution in [-0.4, -0.2) is 18.1 Å². The lowest BCUT2D eigenvalue weighted by molar-refractivity contribution is 0.578. The second-order valence-electron chi connectivity index (χ2n) is 4.94. The summed E-state index contributed by atoms with van der Waals surface area (Å²) in [6.45, 7) is 9.28. The zero-order valence-corrected chi connectivity index (χ0v) is 14.3. The van der Waals surface area contributed by atoms with E-state index in [1.165, 1.54) is 10.4 Å². The van der Waals surface area contributed by atoms with E-state index in [-0.39, 0.29) is 6.04 Å². The highest BCUT2D eigenvalue weighted by Gasteiger charge is 2.09. The molecule has 5 heteroatoms. The van der Waals surface area contributed by atoms with Crippen molar-refractivity contribution < 1.29 is 0 Å². The molecule has 0 unspecified atom stereocenters. The molecule has 0 radical (unpaired) electrons. The first kappa shape index (κ1) is 16.3. The van der Waals surface area contributed by atoms with Gasteiger partial charge in [-0.2, -0.15) is 0 Å². The molecule has 21 heavy (non-hydrogen) atoms. The number of thiazole rings is 1. The molecule has 1 aromatic carbocycles. The van der Waals surface area contributed by atoms with E-state index in [4.69, 9.17) is 11.6 Å². The fourth-order valence-corrected chi connectivity index (χ4v) is 3.35. The summed E-state index contributed by atoms with van der Waals surface area (Å²) in [4.78, 5) is 8.03. The lowest BCUT2D eigenvalue weighted by Crippen LogP contribution is -2.21. The first-order chi connectivity index (χ1) is 10.1. The Kier molecular flexibility index (Phi) is 6.03. The van der Waals surface area contributed by atoms with Crippen molar-refractivity contribution in [1.29, 1.82) is 0 Å². The van der Waals surface area contributed by atoms with E-state index in [9.17, 15) is 0 Å². The Bertz CT molecular complexity index is 566. The van der Waals surface area contributed by atoms with Gasteiger partial charge in [0.15, 0.2) is 5.13 Å². The Balaban J connectivity index is 1.94. The number of halogens is 1. The van der Waals surface area contributed by atoms with E-state index in [0.717, 1.165) is 29.8 Å². The third kappa shape index (κ3) is 4.43. The molecule has 2 rings (SSSR count). The molecular weight excluding hydrogens is 302 g/mol. The van der Waals surface area contributed by atoms with Gasteiger partial charge >= 0.3 is 0 Å². The van der Waals surface area contributed by atoms with Crippen LogP contribution in [0.15, 0.2) is 30.5 Å². The Labute approximate surface area is 136 Å². The number of benzene rings is 1. The van der Waals surface area contributed by atoms with E-state index >= 15 is 0 Å². The first-order valence-corrected chi connectivity index (χ1v) is 8.52. The molecule has 3 nitrogen and oxygen atoms in total. The van der Waals surface area contributed by atoms with E-state index in [1.807, 2.05) is 24.4 Å². The number of hydrogen-bond donors (Lipinski definition) is 1. The molecule has 0 saturated carbocycles. The predicted molar refractivity (Wildman–Crippen MR) is 92.4 cm³/mol. The highest BCUT2D eigenvalue weighted by Crippen LogP contribution is 2.23. The topological polar surface area (TPSA) is 28.2 Å². The number of hydrogen-bond acceptors (Lipinski definition) is 4. The van der Waals surface area contributed by atoms with Gasteiger partial charge in [-0.05, 0) is 38.5 Å². The third-order valence-electron chi connectivity index (χ3n) is 3.51. The average molecular weight is 324 g/mol. The van der Waals surface area contributed by atoms with Crippen molar-refractivity contribution in [2.75, 3.05) is 18.0 Å². The maximum atomic E-state index is 6.03. The number of rotatable bonds is 7. The molecule has 1 aromatic heterocycles. The van der Waals surface area contributed by atoms with Gasteiger partial charge in [0.25, 0.3) is 0 Å². The van der Waals surface area contributed by atoms with E-state index in [2.05, 4.69) is 42.0 Å². The summed E-state index contributed by atoms with van der Waals surface area (Å²) in [6, 6.07) is 8.26. The standard InChI is InChI=1S/C16H22ClN3S/c1-4-20(5-2)16-19-11-15(21-16)10-18-12(3)13-7-6-8-14(17)9-13/h6-9,11-12,18H,4-5,10H2,1-3H3/t12-/m0/s1. The van der Waals surface area contributed by atoms with Crippen LogP contribution in [0.2, 0.25) is 5.02 Å². The van der Waals surface area contributed by atoms with Crippen LogP contribution in [0.3, 0.4) is 0 Å². The molecule has 0 aliphatic carbocycles. The van der Waals surface area contributed by atoms with Crippen molar-refractivity contribution in [3.63, 3.8) is 0 Å². The van der Waals surface area contributed by atoms with Crippen LogP contribution in [0.5, 0.6) is 0 Å². The molecule has 0 bridgehead atoms. The first-order valence-electron chi connectivity index (χ1n) is 7.32. The molecular formula is C16H22ClN3S. The van der Waals surface area contributed by atoms with Crippen LogP contribution in [0.1, 0.15) is 37.3 Å². The summed E-state index contributed by atoms with van der Waals surface area (Å²) < 4.78 is 0. The largest absolute Gasteiger partial charge is 0.349 e. The second-order valence-corrected chi connectivity index (χ2v) is 6.47. The van der Waals surface area contributed by atoms with Crippen molar-refractivity contribution in [3.05, 3.63) is 45.9 Å². The van der Waals surface area contributed by atoms with Crippen LogP contribution in [0, 0.1) is 0 Å². The monoisotopic (exact) mass is 323 g/mol. The van der Waals surface area contributed by atoms with Gasteiger partial charge in [0.2, 0.25) is 0 Å². The summed E-state index contributed by atoms with van der Waals surface area (Å²) in [5, 5.41) is 5.41. The van der Waals surface area contributed by atoms with E-state index in [1.54, 1.807) is 11.3 Å². The lowest BCUT2D eigenvalue weighted by atomic mass is 10.1. The highest BCUT2D eigenvalue weighted by molar-refractivity contribution is 7.15. The smallest absolute Gasteiger partial charge is 0.185 e. The summed E-state index contributed by atoms with van der Waals surface area (Å²) >= 11 is 7.79. The SMILES string of the molecule is CCN(CC)c1ncc(CN[C@@H](C)c2cccc(Cl)c2)s1. The molecule has 0 aliphatic rings. The van der Waals surface area contributed by atoms with Gasteiger partial charge in [0.05, 0.1) is 0 Å². The molecule has 0 spiro atoms. The maximum absolute atomic E-state index is 6.03. The number of anilines is 1. The predicted octanol–water partition coefficient (Wildman–Crippen LogP) is 4.49. The zero-order chi connectivity index (χ0) is 15.2. The van der Waals surface area contributed by atoms with Crippen LogP contribution >= 0.6 is 22.9 Å². The summed E-state index contributed by atoms with van der Waals surface area (Å²) in [6.07, 6.45) is 1.97. The summed E-state index contributed by atoms with van der Waals surface area (Å²) in [7, 11) is 0. The fourth-order valence-electron chi connectivity index (χ4n) is 2.17. The second kappa shape index (κ2) is 7.78. The van der Waals surface area contributed by atoms with Gasteiger partial charge < -0.3 is 10.2 Å². The van der Waals surface area contributed by atoms with Crippen LogP contribution in [0.4, 0.5) is 5.13 Å². The van der Waals surface area contributed by atoms with Crippen molar-refractivity contribution in [2.24, 2.45) is 0 Å². The summed E-state index contributed by atoms with van der Waals surface area (Å²) in [5.74, 6) is 0. The van der Waals surface area contributed by atoms with Crippen molar-refractivity contribution >= 4 is 28.1 Å². The van der Waals surface area contributed by atoms with Gasteiger partial charge in [-0.1, -0.05) is 23.7 Å². The van der Waals surface area contributed by atoms with Crippen molar-refractivity contribution in [1.82, 2.24) is 10.3 Å². The summed E-state index contributed by atoms with van der Waals surface area (Å²) in [5.41, 5.74) is 1.20. The lowest BCUT2D eigenvalue weighted by Gasteiger charge is -2.16. The van der Waals surface area contributed by atoms with Crippen molar-refractivity contribution in [3.8, 4) is 0 Å². The Morgan fingerprint density at radius 3 is 2.76 bits per heavy atom. The normalized spacial score (nSPS) is 12.4.